The maximum atomic E-state index is 11.6. The summed E-state index contributed by atoms with van der Waals surface area (Å²) in [5.41, 5.74) is 0.817. The number of carbonyl (C=O) groups is 1. The molecule has 1 aromatic heterocycles. The predicted molar refractivity (Wildman–Crippen MR) is 71.0 cm³/mol. The van der Waals surface area contributed by atoms with Crippen LogP contribution in [-0.4, -0.2) is 41.4 Å². The monoisotopic (exact) mass is 248 g/mol. The van der Waals surface area contributed by atoms with Crippen molar-refractivity contribution in [2.45, 2.75) is 19.9 Å². The van der Waals surface area contributed by atoms with Crippen LogP contribution in [-0.2, 0) is 4.79 Å². The Bertz CT molecular complexity index is 429. The Morgan fingerprint density at radius 3 is 2.89 bits per heavy atom. The molecule has 0 radical (unpaired) electrons. The van der Waals surface area contributed by atoms with Crippen molar-refractivity contribution in [1.82, 2.24) is 20.2 Å². The van der Waals surface area contributed by atoms with Crippen LogP contribution in [0.3, 0.4) is 0 Å². The molecule has 0 bridgehead atoms. The Morgan fingerprint density at radius 2 is 2.28 bits per heavy atom. The first-order valence-corrected chi connectivity index (χ1v) is 5.90. The molecule has 0 aliphatic heterocycles. The van der Waals surface area contributed by atoms with E-state index in [1.54, 1.807) is 12.3 Å². The van der Waals surface area contributed by atoms with Gasteiger partial charge in [-0.25, -0.2) is 9.97 Å². The van der Waals surface area contributed by atoms with Gasteiger partial charge in [-0.3, -0.25) is 4.79 Å². The van der Waals surface area contributed by atoms with E-state index < -0.39 is 0 Å². The second-order valence-corrected chi connectivity index (χ2v) is 4.42. The lowest BCUT2D eigenvalue weighted by atomic mass is 10.2. The average Bonchev–Trinajstić information content (AvgIpc) is 2.28. The molecule has 0 saturated carbocycles. The fraction of sp³-hybridized carbons (Fsp3) is 0.462. The molecule has 1 atom stereocenters. The number of nitrogens with one attached hydrogen (secondary N) is 1. The first kappa shape index (κ1) is 14.3. The molecule has 98 valence electrons. The molecule has 0 fully saturated rings. The van der Waals surface area contributed by atoms with Gasteiger partial charge in [0.2, 0.25) is 5.91 Å². The summed E-state index contributed by atoms with van der Waals surface area (Å²) >= 11 is 0. The molecule has 1 rings (SSSR count). The lowest BCUT2D eigenvalue weighted by Crippen LogP contribution is -2.26. The molecular formula is C13H20N4O. The minimum atomic E-state index is -0.122. The zero-order chi connectivity index (χ0) is 13.5. The van der Waals surface area contributed by atoms with E-state index in [0.29, 0.717) is 5.82 Å². The second-order valence-electron chi connectivity index (χ2n) is 4.42. The van der Waals surface area contributed by atoms with Crippen LogP contribution in [0.4, 0.5) is 0 Å². The number of aryl methyl sites for hydroxylation is 1. The normalized spacial score (nSPS) is 12.9. The van der Waals surface area contributed by atoms with Crippen molar-refractivity contribution in [3.8, 4) is 0 Å². The third kappa shape index (κ3) is 5.05. The Morgan fingerprint density at radius 1 is 1.56 bits per heavy atom. The third-order valence-electron chi connectivity index (χ3n) is 2.34. The summed E-state index contributed by atoms with van der Waals surface area (Å²) in [6.45, 7) is 4.48. The van der Waals surface area contributed by atoms with Crippen LogP contribution in [0, 0.1) is 6.92 Å². The highest BCUT2D eigenvalue weighted by molar-refractivity contribution is 5.87. The van der Waals surface area contributed by atoms with Gasteiger partial charge in [0.05, 0.1) is 11.7 Å². The summed E-state index contributed by atoms with van der Waals surface area (Å²) in [6, 6.07) is 1.68. The van der Waals surface area contributed by atoms with Gasteiger partial charge in [0.15, 0.2) is 0 Å². The molecule has 1 aromatic rings. The van der Waals surface area contributed by atoms with Crippen molar-refractivity contribution in [2.24, 2.45) is 0 Å². The molecule has 0 aliphatic carbocycles. The highest BCUT2D eigenvalue weighted by Gasteiger charge is 2.08. The number of hydrogen-bond acceptors (Lipinski definition) is 4. The van der Waals surface area contributed by atoms with Crippen molar-refractivity contribution in [3.63, 3.8) is 0 Å². The number of carbonyl (C=O) groups excluding carboxylic acids is 1. The van der Waals surface area contributed by atoms with E-state index in [2.05, 4.69) is 15.3 Å². The van der Waals surface area contributed by atoms with Crippen LogP contribution in [0.5, 0.6) is 0 Å². The molecule has 0 saturated heterocycles. The van der Waals surface area contributed by atoms with Gasteiger partial charge in [-0.1, -0.05) is 6.08 Å². The average molecular weight is 248 g/mol. The molecule has 5 nitrogen and oxygen atoms in total. The molecule has 1 unspecified atom stereocenters. The second kappa shape index (κ2) is 6.86. The van der Waals surface area contributed by atoms with Crippen LogP contribution in [0.2, 0.25) is 0 Å². The zero-order valence-electron chi connectivity index (χ0n) is 11.3. The number of likely N-dealkylation sites (N-methyl/N-ethyl adjacent to an activating group) is 1. The molecule has 1 amide bonds. The molecule has 0 aliphatic rings. The van der Waals surface area contributed by atoms with Crippen molar-refractivity contribution in [1.29, 1.82) is 0 Å². The van der Waals surface area contributed by atoms with Crippen molar-refractivity contribution in [3.05, 3.63) is 35.9 Å². The van der Waals surface area contributed by atoms with Gasteiger partial charge >= 0.3 is 0 Å². The largest absolute Gasteiger partial charge is 0.344 e. The van der Waals surface area contributed by atoms with E-state index in [1.165, 1.54) is 0 Å². The Labute approximate surface area is 108 Å². The summed E-state index contributed by atoms with van der Waals surface area (Å²) < 4.78 is 0. The van der Waals surface area contributed by atoms with Gasteiger partial charge in [0.25, 0.3) is 0 Å². The van der Waals surface area contributed by atoms with Gasteiger partial charge in [-0.15, -0.1) is 0 Å². The van der Waals surface area contributed by atoms with E-state index in [-0.39, 0.29) is 11.9 Å². The Kier molecular flexibility index (Phi) is 5.45. The molecular weight excluding hydrogens is 228 g/mol. The van der Waals surface area contributed by atoms with E-state index in [4.69, 9.17) is 0 Å². The lowest BCUT2D eigenvalue weighted by molar-refractivity contribution is -0.117. The highest BCUT2D eigenvalue weighted by Crippen LogP contribution is 2.07. The third-order valence-corrected chi connectivity index (χ3v) is 2.34. The van der Waals surface area contributed by atoms with Crippen LogP contribution < -0.4 is 5.32 Å². The summed E-state index contributed by atoms with van der Waals surface area (Å²) in [7, 11) is 3.91. The summed E-state index contributed by atoms with van der Waals surface area (Å²) in [5, 5.41) is 2.86. The first-order valence-electron chi connectivity index (χ1n) is 5.90. The number of rotatable bonds is 5. The summed E-state index contributed by atoms with van der Waals surface area (Å²) in [4.78, 5) is 21.9. The Hall–Kier alpha value is -1.75. The maximum absolute atomic E-state index is 11.6. The maximum Gasteiger partial charge on any atom is 0.244 e. The molecule has 18 heavy (non-hydrogen) atoms. The molecule has 1 heterocycles. The van der Waals surface area contributed by atoms with Crippen molar-refractivity contribution in [2.75, 3.05) is 20.6 Å². The fourth-order valence-electron chi connectivity index (χ4n) is 1.42. The van der Waals surface area contributed by atoms with E-state index in [1.807, 2.05) is 45.0 Å². The van der Waals surface area contributed by atoms with Crippen molar-refractivity contribution >= 4 is 5.91 Å². The van der Waals surface area contributed by atoms with Crippen molar-refractivity contribution < 1.29 is 4.79 Å². The fourth-order valence-corrected chi connectivity index (χ4v) is 1.42. The number of amides is 1. The minimum Gasteiger partial charge on any atom is -0.344 e. The molecule has 0 spiro atoms. The molecule has 5 heteroatoms. The number of hydrogen-bond donors (Lipinski definition) is 1. The quantitative estimate of drug-likeness (QED) is 0.792. The minimum absolute atomic E-state index is 0.111. The SMILES string of the molecule is Cc1nccc(C(C)NC(=O)/C=C/CN(C)C)n1. The van der Waals surface area contributed by atoms with Crippen LogP contribution >= 0.6 is 0 Å². The molecule has 1 N–H and O–H groups in total. The lowest BCUT2D eigenvalue weighted by Gasteiger charge is -2.12. The predicted octanol–water partition coefficient (Wildman–Crippen LogP) is 1.08. The highest BCUT2D eigenvalue weighted by atomic mass is 16.1. The topological polar surface area (TPSA) is 58.1 Å². The Balaban J connectivity index is 2.52. The van der Waals surface area contributed by atoms with Gasteiger partial charge < -0.3 is 10.2 Å². The molecule has 0 aromatic carbocycles. The van der Waals surface area contributed by atoms with E-state index >= 15 is 0 Å². The van der Waals surface area contributed by atoms with Gasteiger partial charge in [0, 0.05) is 18.8 Å². The number of nitrogens with zero attached hydrogens (tertiary/aromatic N) is 3. The van der Waals surface area contributed by atoms with Gasteiger partial charge in [-0.05, 0) is 34.0 Å². The standard InChI is InChI=1S/C13H20N4O/c1-10(12-7-8-14-11(2)16-12)15-13(18)6-5-9-17(3)4/h5-8,10H,9H2,1-4H3,(H,15,18)/b6-5+. The zero-order valence-corrected chi connectivity index (χ0v) is 11.3. The van der Waals surface area contributed by atoms with Crippen LogP contribution in [0.15, 0.2) is 24.4 Å². The summed E-state index contributed by atoms with van der Waals surface area (Å²) in [5.74, 6) is 0.595. The van der Waals surface area contributed by atoms with Crippen LogP contribution in [0.25, 0.3) is 0 Å². The smallest absolute Gasteiger partial charge is 0.244 e. The van der Waals surface area contributed by atoms with Crippen LogP contribution in [0.1, 0.15) is 24.5 Å². The van der Waals surface area contributed by atoms with Gasteiger partial charge in [-0.2, -0.15) is 0 Å². The first-order chi connectivity index (χ1) is 8.49. The van der Waals surface area contributed by atoms with E-state index in [0.717, 1.165) is 12.2 Å². The van der Waals surface area contributed by atoms with Gasteiger partial charge in [0.1, 0.15) is 5.82 Å². The number of aromatic nitrogens is 2. The summed E-state index contributed by atoms with van der Waals surface area (Å²) in [6.07, 6.45) is 5.07. The van der Waals surface area contributed by atoms with E-state index in [9.17, 15) is 4.79 Å².